The highest BCUT2D eigenvalue weighted by atomic mass is 35.5. The van der Waals surface area contributed by atoms with Crippen molar-refractivity contribution in [2.24, 2.45) is 0 Å². The fourth-order valence-corrected chi connectivity index (χ4v) is 3.24. The van der Waals surface area contributed by atoms with Gasteiger partial charge in [0.05, 0.1) is 24.4 Å². The summed E-state index contributed by atoms with van der Waals surface area (Å²) in [6.45, 7) is 3.98. The van der Waals surface area contributed by atoms with Crippen LogP contribution in [-0.4, -0.2) is 31.6 Å². The lowest BCUT2D eigenvalue weighted by atomic mass is 10.1. The number of barbiturate groups is 1. The Balaban J connectivity index is 2.05. The van der Waals surface area contributed by atoms with Gasteiger partial charge in [-0.05, 0) is 49.2 Å². The number of carbonyl (C=O) groups is 3. The number of nitrogens with one attached hydrogen (secondary N) is 1. The summed E-state index contributed by atoms with van der Waals surface area (Å²) in [6.07, 6.45) is 1.36. The molecule has 0 aliphatic carbocycles. The van der Waals surface area contributed by atoms with E-state index in [9.17, 15) is 14.4 Å². The Labute approximate surface area is 172 Å². The molecule has 1 saturated heterocycles. The largest absolute Gasteiger partial charge is 0.493 e. The maximum atomic E-state index is 13.0. The van der Waals surface area contributed by atoms with Gasteiger partial charge in [0, 0.05) is 0 Å². The maximum absolute atomic E-state index is 13.0. The molecule has 0 bridgehead atoms. The van der Waals surface area contributed by atoms with Crippen molar-refractivity contribution in [1.29, 1.82) is 0 Å². The van der Waals surface area contributed by atoms with Crippen LogP contribution in [0.2, 0.25) is 5.02 Å². The minimum atomic E-state index is -0.797. The molecule has 0 aromatic heterocycles. The first kappa shape index (κ1) is 20.4. The van der Waals surface area contributed by atoms with E-state index in [1.165, 1.54) is 13.2 Å². The van der Waals surface area contributed by atoms with E-state index >= 15 is 0 Å². The molecule has 0 atom stereocenters. The van der Waals surface area contributed by atoms with Crippen molar-refractivity contribution in [2.75, 3.05) is 18.6 Å². The molecule has 8 heteroatoms. The van der Waals surface area contributed by atoms with Crippen LogP contribution in [0.5, 0.6) is 11.5 Å². The zero-order valence-corrected chi connectivity index (χ0v) is 16.9. The van der Waals surface area contributed by atoms with Crippen LogP contribution in [0.1, 0.15) is 18.1 Å². The standard InChI is InChI=1S/C21H19ClN2O5/c1-4-29-18-15(22)10-13(11-17(18)28-3)9-14-19(25)23-21(27)24(20(14)26)16-8-6-5-7-12(16)2/h5-11H,4H2,1-3H3,(H,23,25,27)/b14-9+. The normalized spacial score (nSPS) is 15.5. The van der Waals surface area contributed by atoms with Gasteiger partial charge in [0.15, 0.2) is 11.5 Å². The van der Waals surface area contributed by atoms with Crippen LogP contribution in [0.15, 0.2) is 42.0 Å². The number of halogens is 1. The number of urea groups is 1. The van der Waals surface area contributed by atoms with Crippen molar-refractivity contribution in [3.63, 3.8) is 0 Å². The van der Waals surface area contributed by atoms with Crippen molar-refractivity contribution in [2.45, 2.75) is 13.8 Å². The summed E-state index contributed by atoms with van der Waals surface area (Å²) < 4.78 is 10.8. The summed E-state index contributed by atoms with van der Waals surface area (Å²) in [5.74, 6) is -0.775. The van der Waals surface area contributed by atoms with Gasteiger partial charge in [-0.2, -0.15) is 0 Å². The zero-order chi connectivity index (χ0) is 21.1. The van der Waals surface area contributed by atoms with E-state index in [4.69, 9.17) is 21.1 Å². The third-order valence-corrected chi connectivity index (χ3v) is 4.59. The number of rotatable bonds is 5. The number of nitrogens with zero attached hydrogens (tertiary/aromatic N) is 1. The highest BCUT2D eigenvalue weighted by Crippen LogP contribution is 2.37. The minimum absolute atomic E-state index is 0.199. The van der Waals surface area contributed by atoms with Gasteiger partial charge in [-0.15, -0.1) is 0 Å². The number of anilines is 1. The summed E-state index contributed by atoms with van der Waals surface area (Å²) in [4.78, 5) is 38.6. The van der Waals surface area contributed by atoms with Gasteiger partial charge >= 0.3 is 6.03 Å². The van der Waals surface area contributed by atoms with E-state index in [1.54, 1.807) is 43.3 Å². The molecule has 1 N–H and O–H groups in total. The molecule has 1 fully saturated rings. The van der Waals surface area contributed by atoms with Crippen LogP contribution in [0.4, 0.5) is 10.5 Å². The Bertz CT molecular complexity index is 1030. The van der Waals surface area contributed by atoms with Crippen LogP contribution in [0.25, 0.3) is 6.08 Å². The number of benzene rings is 2. The van der Waals surface area contributed by atoms with Gasteiger partial charge in [-0.3, -0.25) is 14.9 Å². The number of hydrogen-bond donors (Lipinski definition) is 1. The summed E-state index contributed by atoms with van der Waals surface area (Å²) >= 11 is 6.27. The van der Waals surface area contributed by atoms with E-state index in [0.717, 1.165) is 10.5 Å². The van der Waals surface area contributed by atoms with E-state index in [0.29, 0.717) is 29.4 Å². The smallest absolute Gasteiger partial charge is 0.335 e. The lowest BCUT2D eigenvalue weighted by molar-refractivity contribution is -0.122. The SMILES string of the molecule is CCOc1c(Cl)cc(/C=C2\C(=O)NC(=O)N(c3ccccc3C)C2=O)cc1OC. The second kappa shape index (κ2) is 8.36. The van der Waals surface area contributed by atoms with Crippen LogP contribution < -0.4 is 19.7 Å². The number of aryl methyl sites for hydroxylation is 1. The first-order valence-electron chi connectivity index (χ1n) is 8.84. The summed E-state index contributed by atoms with van der Waals surface area (Å²) in [5, 5.41) is 2.47. The fraction of sp³-hybridized carbons (Fsp3) is 0.190. The summed E-state index contributed by atoms with van der Waals surface area (Å²) in [6, 6.07) is 9.26. The summed E-state index contributed by atoms with van der Waals surface area (Å²) in [7, 11) is 1.46. The first-order chi connectivity index (χ1) is 13.9. The zero-order valence-electron chi connectivity index (χ0n) is 16.1. The van der Waals surface area contributed by atoms with Gasteiger partial charge in [0.25, 0.3) is 11.8 Å². The minimum Gasteiger partial charge on any atom is -0.493 e. The molecule has 0 spiro atoms. The lowest BCUT2D eigenvalue weighted by Crippen LogP contribution is -2.54. The monoisotopic (exact) mass is 414 g/mol. The van der Waals surface area contributed by atoms with Gasteiger partial charge in [0.1, 0.15) is 5.57 Å². The van der Waals surface area contributed by atoms with Gasteiger partial charge in [-0.1, -0.05) is 29.8 Å². The Morgan fingerprint density at radius 2 is 1.90 bits per heavy atom. The van der Waals surface area contributed by atoms with E-state index in [2.05, 4.69) is 5.32 Å². The molecule has 1 aliphatic heterocycles. The van der Waals surface area contributed by atoms with Crippen LogP contribution in [-0.2, 0) is 9.59 Å². The predicted molar refractivity (Wildman–Crippen MR) is 109 cm³/mol. The van der Waals surface area contributed by atoms with Crippen molar-refractivity contribution in [3.8, 4) is 11.5 Å². The molecule has 1 heterocycles. The molecular formula is C21H19ClN2O5. The van der Waals surface area contributed by atoms with E-state index in [1.807, 2.05) is 6.92 Å². The lowest BCUT2D eigenvalue weighted by Gasteiger charge is -2.27. The molecule has 0 unspecified atom stereocenters. The van der Waals surface area contributed by atoms with Gasteiger partial charge in [0.2, 0.25) is 0 Å². The van der Waals surface area contributed by atoms with E-state index < -0.39 is 17.8 Å². The molecular weight excluding hydrogens is 396 g/mol. The molecule has 3 rings (SSSR count). The Hall–Kier alpha value is -3.32. The number of carbonyl (C=O) groups excluding carboxylic acids is 3. The molecule has 7 nitrogen and oxygen atoms in total. The molecule has 29 heavy (non-hydrogen) atoms. The maximum Gasteiger partial charge on any atom is 0.335 e. The molecule has 0 saturated carbocycles. The number of imide groups is 2. The van der Waals surface area contributed by atoms with Crippen molar-refractivity contribution < 1.29 is 23.9 Å². The third-order valence-electron chi connectivity index (χ3n) is 4.31. The molecule has 0 radical (unpaired) electrons. The van der Waals surface area contributed by atoms with E-state index in [-0.39, 0.29) is 10.6 Å². The first-order valence-corrected chi connectivity index (χ1v) is 9.22. The average molecular weight is 415 g/mol. The molecule has 2 aromatic carbocycles. The Kier molecular flexibility index (Phi) is 5.89. The highest BCUT2D eigenvalue weighted by molar-refractivity contribution is 6.39. The molecule has 150 valence electrons. The van der Waals surface area contributed by atoms with Crippen LogP contribution in [0.3, 0.4) is 0 Å². The number of para-hydroxylation sites is 1. The summed E-state index contributed by atoms with van der Waals surface area (Å²) in [5.41, 5.74) is 1.37. The fourth-order valence-electron chi connectivity index (χ4n) is 2.96. The third kappa shape index (κ3) is 3.95. The molecule has 2 aromatic rings. The average Bonchev–Trinajstić information content (AvgIpc) is 2.68. The Morgan fingerprint density at radius 1 is 1.17 bits per heavy atom. The second-order valence-electron chi connectivity index (χ2n) is 6.21. The van der Waals surface area contributed by atoms with Gasteiger partial charge in [-0.25, -0.2) is 9.69 Å². The van der Waals surface area contributed by atoms with Crippen molar-refractivity contribution in [1.82, 2.24) is 5.32 Å². The van der Waals surface area contributed by atoms with Crippen molar-refractivity contribution in [3.05, 3.63) is 58.1 Å². The second-order valence-corrected chi connectivity index (χ2v) is 6.62. The number of amides is 4. The van der Waals surface area contributed by atoms with Crippen LogP contribution >= 0.6 is 11.6 Å². The topological polar surface area (TPSA) is 84.9 Å². The highest BCUT2D eigenvalue weighted by Gasteiger charge is 2.37. The Morgan fingerprint density at radius 3 is 2.55 bits per heavy atom. The number of hydrogen-bond acceptors (Lipinski definition) is 5. The number of ether oxygens (including phenoxy) is 2. The van der Waals surface area contributed by atoms with Crippen LogP contribution in [0, 0.1) is 6.92 Å². The molecule has 1 aliphatic rings. The number of methoxy groups -OCH3 is 1. The quantitative estimate of drug-likeness (QED) is 0.595. The van der Waals surface area contributed by atoms with Gasteiger partial charge < -0.3 is 9.47 Å². The molecule has 4 amide bonds. The van der Waals surface area contributed by atoms with Crippen molar-refractivity contribution >= 4 is 41.2 Å². The predicted octanol–water partition coefficient (Wildman–Crippen LogP) is 3.72.